The summed E-state index contributed by atoms with van der Waals surface area (Å²) < 4.78 is 28.3. The molecule has 0 saturated carbocycles. The van der Waals surface area contributed by atoms with Gasteiger partial charge in [0.2, 0.25) is 0 Å². The molecule has 0 aromatic heterocycles. The van der Waals surface area contributed by atoms with Gasteiger partial charge in [-0.1, -0.05) is 0 Å². The molecule has 0 aromatic rings. The molecule has 7 nitrogen and oxygen atoms in total. The molecule has 2 aliphatic heterocycles. The van der Waals surface area contributed by atoms with E-state index in [1.165, 1.54) is 6.42 Å². The second-order valence-corrected chi connectivity index (χ2v) is 8.52. The lowest BCUT2D eigenvalue weighted by Gasteiger charge is -2.23. The smallest absolute Gasteiger partial charge is 0.191 e. The highest BCUT2D eigenvalue weighted by molar-refractivity contribution is 14.0. The van der Waals surface area contributed by atoms with Crippen molar-refractivity contribution in [3.8, 4) is 0 Å². The van der Waals surface area contributed by atoms with Crippen LogP contribution in [0, 0.1) is 0 Å². The van der Waals surface area contributed by atoms with Gasteiger partial charge in [0.15, 0.2) is 15.8 Å². The fourth-order valence-electron chi connectivity index (χ4n) is 3.22. The van der Waals surface area contributed by atoms with Crippen molar-refractivity contribution in [2.45, 2.75) is 38.3 Å². The molecule has 0 bridgehead atoms. The SMILES string of the molecule is CCNC(=NCC1CCCN1CCOC)NC1CCS(=O)(=O)C1.I. The molecule has 2 saturated heterocycles. The van der Waals surface area contributed by atoms with Crippen LogP contribution in [0.25, 0.3) is 0 Å². The number of nitrogens with one attached hydrogen (secondary N) is 2. The number of halogens is 1. The summed E-state index contributed by atoms with van der Waals surface area (Å²) in [6, 6.07) is 0.430. The Morgan fingerprint density at radius 3 is 2.79 bits per heavy atom. The summed E-state index contributed by atoms with van der Waals surface area (Å²) in [5.74, 6) is 1.21. The number of rotatable bonds is 7. The molecule has 2 heterocycles. The maximum Gasteiger partial charge on any atom is 0.191 e. The van der Waals surface area contributed by atoms with E-state index in [0.29, 0.717) is 12.5 Å². The Morgan fingerprint density at radius 2 is 2.17 bits per heavy atom. The van der Waals surface area contributed by atoms with Crippen LogP contribution in [0.15, 0.2) is 4.99 Å². The fraction of sp³-hybridized carbons (Fsp3) is 0.933. The zero-order chi connectivity index (χ0) is 16.7. The lowest BCUT2D eigenvalue weighted by Crippen LogP contribution is -2.45. The van der Waals surface area contributed by atoms with E-state index in [9.17, 15) is 8.42 Å². The van der Waals surface area contributed by atoms with Crippen LogP contribution >= 0.6 is 24.0 Å². The van der Waals surface area contributed by atoms with E-state index >= 15 is 0 Å². The maximum absolute atomic E-state index is 11.6. The van der Waals surface area contributed by atoms with Gasteiger partial charge < -0.3 is 15.4 Å². The number of aliphatic imine (C=N–C) groups is 1. The summed E-state index contributed by atoms with van der Waals surface area (Å²) in [6.45, 7) is 6.32. The van der Waals surface area contributed by atoms with Gasteiger partial charge in [-0.05, 0) is 32.7 Å². The normalized spacial score (nSPS) is 27.0. The van der Waals surface area contributed by atoms with Crippen molar-refractivity contribution >= 4 is 39.8 Å². The van der Waals surface area contributed by atoms with Crippen LogP contribution in [0.1, 0.15) is 26.2 Å². The molecule has 0 radical (unpaired) electrons. The highest BCUT2D eigenvalue weighted by Gasteiger charge is 2.29. The van der Waals surface area contributed by atoms with Gasteiger partial charge in [0, 0.05) is 32.3 Å². The van der Waals surface area contributed by atoms with Crippen molar-refractivity contribution in [1.29, 1.82) is 0 Å². The molecule has 0 aliphatic carbocycles. The zero-order valence-corrected chi connectivity index (χ0v) is 17.8. The van der Waals surface area contributed by atoms with Gasteiger partial charge in [-0.2, -0.15) is 0 Å². The number of likely N-dealkylation sites (tertiary alicyclic amines) is 1. The molecule has 2 unspecified atom stereocenters. The average molecular weight is 474 g/mol. The van der Waals surface area contributed by atoms with Crippen molar-refractivity contribution in [2.75, 3.05) is 51.4 Å². The quantitative estimate of drug-likeness (QED) is 0.317. The minimum Gasteiger partial charge on any atom is -0.383 e. The van der Waals surface area contributed by atoms with Crippen LogP contribution in [-0.2, 0) is 14.6 Å². The van der Waals surface area contributed by atoms with Crippen molar-refractivity contribution in [1.82, 2.24) is 15.5 Å². The number of methoxy groups -OCH3 is 1. The third kappa shape index (κ3) is 7.01. The van der Waals surface area contributed by atoms with Crippen LogP contribution < -0.4 is 10.6 Å². The monoisotopic (exact) mass is 474 g/mol. The molecule has 0 aromatic carbocycles. The van der Waals surface area contributed by atoms with E-state index in [0.717, 1.165) is 45.2 Å². The number of guanidine groups is 1. The van der Waals surface area contributed by atoms with Gasteiger partial charge in [0.25, 0.3) is 0 Å². The van der Waals surface area contributed by atoms with Crippen molar-refractivity contribution in [2.24, 2.45) is 4.99 Å². The first-order chi connectivity index (χ1) is 11.0. The zero-order valence-electron chi connectivity index (χ0n) is 14.7. The van der Waals surface area contributed by atoms with Gasteiger partial charge in [0.05, 0.1) is 24.7 Å². The summed E-state index contributed by atoms with van der Waals surface area (Å²) in [4.78, 5) is 7.11. The molecule has 2 fully saturated rings. The number of ether oxygens (including phenoxy) is 1. The fourth-order valence-corrected chi connectivity index (χ4v) is 4.90. The van der Waals surface area contributed by atoms with Crippen LogP contribution in [0.4, 0.5) is 0 Å². The third-order valence-electron chi connectivity index (χ3n) is 4.46. The lowest BCUT2D eigenvalue weighted by molar-refractivity contribution is 0.142. The molecule has 2 N–H and O–H groups in total. The number of hydrogen-bond acceptors (Lipinski definition) is 5. The van der Waals surface area contributed by atoms with Crippen molar-refractivity contribution in [3.63, 3.8) is 0 Å². The minimum absolute atomic E-state index is 0. The Morgan fingerprint density at radius 1 is 1.38 bits per heavy atom. The molecule has 0 amide bonds. The molecule has 2 atom stereocenters. The lowest BCUT2D eigenvalue weighted by atomic mass is 10.2. The summed E-state index contributed by atoms with van der Waals surface area (Å²) in [6.07, 6.45) is 3.02. The van der Waals surface area contributed by atoms with Gasteiger partial charge in [-0.15, -0.1) is 24.0 Å². The molecule has 2 aliphatic rings. The molecule has 9 heteroatoms. The molecule has 142 valence electrons. The third-order valence-corrected chi connectivity index (χ3v) is 6.23. The topological polar surface area (TPSA) is 83.0 Å². The van der Waals surface area contributed by atoms with Crippen molar-refractivity contribution in [3.05, 3.63) is 0 Å². The standard InChI is InChI=1S/C15H30N4O3S.HI/c1-3-16-15(18-13-6-10-23(20,21)12-13)17-11-14-5-4-7-19(14)8-9-22-2;/h13-14H,3-12H2,1-2H3,(H2,16,17,18);1H. The Kier molecular flexibility index (Phi) is 9.83. The van der Waals surface area contributed by atoms with Crippen molar-refractivity contribution < 1.29 is 13.2 Å². The summed E-state index contributed by atoms with van der Waals surface area (Å²) in [5, 5.41) is 6.49. The van der Waals surface area contributed by atoms with Gasteiger partial charge in [0.1, 0.15) is 0 Å². The number of sulfone groups is 1. The Balaban J connectivity index is 0.00000288. The van der Waals surface area contributed by atoms with Crippen LogP contribution in [-0.4, -0.2) is 82.8 Å². The summed E-state index contributed by atoms with van der Waals surface area (Å²) >= 11 is 0. The Labute approximate surface area is 162 Å². The van der Waals surface area contributed by atoms with E-state index in [2.05, 4.69) is 20.5 Å². The first-order valence-corrected chi connectivity index (χ1v) is 10.3. The van der Waals surface area contributed by atoms with E-state index in [1.54, 1.807) is 7.11 Å². The molecule has 0 spiro atoms. The maximum atomic E-state index is 11.6. The molecular formula is C15H31IN4O3S. The van der Waals surface area contributed by atoms with Gasteiger partial charge >= 0.3 is 0 Å². The summed E-state index contributed by atoms with van der Waals surface area (Å²) in [5.41, 5.74) is 0. The van der Waals surface area contributed by atoms with E-state index < -0.39 is 9.84 Å². The summed E-state index contributed by atoms with van der Waals surface area (Å²) in [7, 11) is -1.14. The van der Waals surface area contributed by atoms with Gasteiger partial charge in [-0.25, -0.2) is 8.42 Å². The number of hydrogen-bond donors (Lipinski definition) is 2. The molecular weight excluding hydrogens is 443 g/mol. The molecule has 24 heavy (non-hydrogen) atoms. The van der Waals surface area contributed by atoms with Gasteiger partial charge in [-0.3, -0.25) is 9.89 Å². The van der Waals surface area contributed by atoms with Crippen LogP contribution in [0.5, 0.6) is 0 Å². The van der Waals surface area contributed by atoms with Crippen LogP contribution in [0.2, 0.25) is 0 Å². The van der Waals surface area contributed by atoms with E-state index in [-0.39, 0.29) is 41.5 Å². The molecule has 2 rings (SSSR count). The average Bonchev–Trinajstić information content (AvgIpc) is 3.09. The minimum atomic E-state index is -2.87. The Bertz CT molecular complexity index is 501. The largest absolute Gasteiger partial charge is 0.383 e. The second kappa shape index (κ2) is 10.8. The first-order valence-electron chi connectivity index (χ1n) is 8.52. The van der Waals surface area contributed by atoms with E-state index in [4.69, 9.17) is 4.74 Å². The predicted molar refractivity (Wildman–Crippen MR) is 108 cm³/mol. The van der Waals surface area contributed by atoms with Crippen LogP contribution in [0.3, 0.4) is 0 Å². The second-order valence-electron chi connectivity index (χ2n) is 6.29. The first kappa shape index (κ1) is 21.9. The highest BCUT2D eigenvalue weighted by atomic mass is 127. The van der Waals surface area contributed by atoms with E-state index in [1.807, 2.05) is 6.92 Å². The number of nitrogens with zero attached hydrogens (tertiary/aromatic N) is 2. The highest BCUT2D eigenvalue weighted by Crippen LogP contribution is 2.17. The predicted octanol–water partition coefficient (Wildman–Crippen LogP) is 0.457. The Hall–Kier alpha value is -0.130.